The van der Waals surface area contributed by atoms with Crippen LogP contribution in [0.15, 0.2) is 40.9 Å². The SMILES string of the molecule is N#Cc1cc(N)ccc1Nc1ccc(Br)cc1Cl. The summed E-state index contributed by atoms with van der Waals surface area (Å²) in [4.78, 5) is 0. The number of benzene rings is 2. The Labute approximate surface area is 118 Å². The Morgan fingerprint density at radius 3 is 2.56 bits per heavy atom. The van der Waals surface area contributed by atoms with Crippen LogP contribution in [-0.4, -0.2) is 0 Å². The van der Waals surface area contributed by atoms with E-state index in [2.05, 4.69) is 27.3 Å². The number of hydrogen-bond acceptors (Lipinski definition) is 3. The molecular formula is C13H9BrClN3. The molecule has 0 atom stereocenters. The lowest BCUT2D eigenvalue weighted by molar-refractivity contribution is 1.46. The molecule has 0 aromatic heterocycles. The van der Waals surface area contributed by atoms with Crippen LogP contribution in [0.4, 0.5) is 17.1 Å². The Hall–Kier alpha value is -1.70. The van der Waals surface area contributed by atoms with E-state index in [0.29, 0.717) is 22.0 Å². The highest BCUT2D eigenvalue weighted by Gasteiger charge is 2.06. The molecule has 0 bridgehead atoms. The van der Waals surface area contributed by atoms with Crippen molar-refractivity contribution >= 4 is 44.6 Å². The lowest BCUT2D eigenvalue weighted by Crippen LogP contribution is -1.96. The molecule has 0 amide bonds. The van der Waals surface area contributed by atoms with Crippen molar-refractivity contribution in [1.82, 2.24) is 0 Å². The van der Waals surface area contributed by atoms with Crippen molar-refractivity contribution in [3.63, 3.8) is 0 Å². The van der Waals surface area contributed by atoms with Gasteiger partial charge in [-0.05, 0) is 36.4 Å². The van der Waals surface area contributed by atoms with Crippen molar-refractivity contribution in [3.05, 3.63) is 51.5 Å². The van der Waals surface area contributed by atoms with Crippen LogP contribution in [0.25, 0.3) is 0 Å². The molecule has 3 nitrogen and oxygen atoms in total. The second kappa shape index (κ2) is 5.30. The van der Waals surface area contributed by atoms with Gasteiger partial charge in [0.25, 0.3) is 0 Å². The number of nitrogens with one attached hydrogen (secondary N) is 1. The quantitative estimate of drug-likeness (QED) is 0.810. The fourth-order valence-electron chi connectivity index (χ4n) is 1.50. The number of anilines is 3. The molecule has 0 aliphatic heterocycles. The van der Waals surface area contributed by atoms with Crippen LogP contribution in [0.5, 0.6) is 0 Å². The third-order valence-electron chi connectivity index (χ3n) is 2.36. The molecular weight excluding hydrogens is 314 g/mol. The minimum Gasteiger partial charge on any atom is -0.399 e. The molecule has 90 valence electrons. The fourth-order valence-corrected chi connectivity index (χ4v) is 2.22. The third-order valence-corrected chi connectivity index (χ3v) is 3.17. The minimum atomic E-state index is 0.481. The first kappa shape index (κ1) is 12.7. The number of nitrogens with two attached hydrogens (primary N) is 1. The van der Waals surface area contributed by atoms with Gasteiger partial charge in [-0.15, -0.1) is 0 Å². The fraction of sp³-hybridized carbons (Fsp3) is 0. The first-order valence-corrected chi connectivity index (χ1v) is 6.29. The van der Waals surface area contributed by atoms with Crippen molar-refractivity contribution in [1.29, 1.82) is 5.26 Å². The van der Waals surface area contributed by atoms with Crippen molar-refractivity contribution in [2.24, 2.45) is 0 Å². The van der Waals surface area contributed by atoms with E-state index in [1.165, 1.54) is 0 Å². The molecule has 0 aliphatic rings. The van der Waals surface area contributed by atoms with E-state index in [1.54, 1.807) is 24.3 Å². The van der Waals surface area contributed by atoms with E-state index in [-0.39, 0.29) is 0 Å². The maximum Gasteiger partial charge on any atom is 0.101 e. The summed E-state index contributed by atoms with van der Waals surface area (Å²) in [5.74, 6) is 0. The highest BCUT2D eigenvalue weighted by Crippen LogP contribution is 2.30. The van der Waals surface area contributed by atoms with E-state index in [1.807, 2.05) is 12.1 Å². The Morgan fingerprint density at radius 2 is 1.89 bits per heavy atom. The van der Waals surface area contributed by atoms with Crippen LogP contribution in [0, 0.1) is 11.3 Å². The maximum atomic E-state index is 9.05. The number of nitriles is 1. The van der Waals surface area contributed by atoms with E-state index in [0.717, 1.165) is 10.2 Å². The van der Waals surface area contributed by atoms with Gasteiger partial charge >= 0.3 is 0 Å². The Morgan fingerprint density at radius 1 is 1.17 bits per heavy atom. The number of nitrogen functional groups attached to an aromatic ring is 1. The van der Waals surface area contributed by atoms with E-state index in [9.17, 15) is 0 Å². The van der Waals surface area contributed by atoms with Crippen LogP contribution in [0.3, 0.4) is 0 Å². The zero-order chi connectivity index (χ0) is 13.1. The van der Waals surface area contributed by atoms with Gasteiger partial charge in [0.15, 0.2) is 0 Å². The minimum absolute atomic E-state index is 0.481. The zero-order valence-corrected chi connectivity index (χ0v) is 11.6. The molecule has 0 spiro atoms. The molecule has 0 saturated heterocycles. The summed E-state index contributed by atoms with van der Waals surface area (Å²) >= 11 is 9.44. The van der Waals surface area contributed by atoms with E-state index < -0.39 is 0 Å². The monoisotopic (exact) mass is 321 g/mol. The normalized spacial score (nSPS) is 9.83. The molecule has 2 rings (SSSR count). The number of halogens is 2. The van der Waals surface area contributed by atoms with Gasteiger partial charge in [-0.1, -0.05) is 27.5 Å². The lowest BCUT2D eigenvalue weighted by atomic mass is 10.1. The smallest absolute Gasteiger partial charge is 0.101 e. The predicted molar refractivity (Wildman–Crippen MR) is 78.0 cm³/mol. The summed E-state index contributed by atoms with van der Waals surface area (Å²) in [6, 6.07) is 12.7. The molecule has 0 saturated carbocycles. The predicted octanol–water partition coefficient (Wildman–Crippen LogP) is 4.30. The largest absolute Gasteiger partial charge is 0.399 e. The average molecular weight is 323 g/mol. The highest BCUT2D eigenvalue weighted by atomic mass is 79.9. The summed E-state index contributed by atoms with van der Waals surface area (Å²) in [5.41, 5.74) is 8.08. The van der Waals surface area contributed by atoms with E-state index in [4.69, 9.17) is 22.6 Å². The van der Waals surface area contributed by atoms with Crippen LogP contribution in [0.2, 0.25) is 5.02 Å². The second-order valence-electron chi connectivity index (χ2n) is 3.67. The van der Waals surface area contributed by atoms with Gasteiger partial charge < -0.3 is 11.1 Å². The molecule has 0 fully saturated rings. The molecule has 0 unspecified atom stereocenters. The van der Waals surface area contributed by atoms with Gasteiger partial charge in [-0.3, -0.25) is 0 Å². The van der Waals surface area contributed by atoms with Gasteiger partial charge in [-0.2, -0.15) is 5.26 Å². The highest BCUT2D eigenvalue weighted by molar-refractivity contribution is 9.10. The summed E-state index contributed by atoms with van der Waals surface area (Å²) in [6.07, 6.45) is 0. The number of rotatable bonds is 2. The van der Waals surface area contributed by atoms with Gasteiger partial charge in [0.1, 0.15) is 6.07 Å². The van der Waals surface area contributed by atoms with Crippen molar-refractivity contribution in [3.8, 4) is 6.07 Å². The summed E-state index contributed by atoms with van der Waals surface area (Å²) < 4.78 is 0.899. The summed E-state index contributed by atoms with van der Waals surface area (Å²) in [7, 11) is 0. The number of hydrogen-bond donors (Lipinski definition) is 2. The average Bonchev–Trinajstić information content (AvgIpc) is 2.34. The summed E-state index contributed by atoms with van der Waals surface area (Å²) in [6.45, 7) is 0. The van der Waals surface area contributed by atoms with Crippen LogP contribution < -0.4 is 11.1 Å². The van der Waals surface area contributed by atoms with E-state index >= 15 is 0 Å². The molecule has 0 aliphatic carbocycles. The third kappa shape index (κ3) is 2.76. The molecule has 2 aromatic carbocycles. The van der Waals surface area contributed by atoms with Crippen LogP contribution in [0.1, 0.15) is 5.56 Å². The Kier molecular flexibility index (Phi) is 3.75. The summed E-state index contributed by atoms with van der Waals surface area (Å²) in [5, 5.41) is 12.7. The van der Waals surface area contributed by atoms with Gasteiger partial charge in [-0.25, -0.2) is 0 Å². The maximum absolute atomic E-state index is 9.05. The van der Waals surface area contributed by atoms with Gasteiger partial charge in [0.05, 0.1) is 22.0 Å². The molecule has 3 N–H and O–H groups in total. The van der Waals surface area contributed by atoms with Crippen LogP contribution in [-0.2, 0) is 0 Å². The van der Waals surface area contributed by atoms with Crippen molar-refractivity contribution in [2.45, 2.75) is 0 Å². The molecule has 5 heteroatoms. The molecule has 18 heavy (non-hydrogen) atoms. The first-order chi connectivity index (χ1) is 8.60. The molecule has 0 heterocycles. The second-order valence-corrected chi connectivity index (χ2v) is 4.99. The molecule has 0 radical (unpaired) electrons. The van der Waals surface area contributed by atoms with Crippen LogP contribution >= 0.6 is 27.5 Å². The van der Waals surface area contributed by atoms with Crippen molar-refractivity contribution < 1.29 is 0 Å². The van der Waals surface area contributed by atoms with Gasteiger partial charge in [0, 0.05) is 10.2 Å². The van der Waals surface area contributed by atoms with Crippen molar-refractivity contribution in [2.75, 3.05) is 11.1 Å². The Bertz CT molecular complexity index is 635. The molecule has 2 aromatic rings. The number of nitrogens with zero attached hydrogens (tertiary/aromatic N) is 1. The lowest BCUT2D eigenvalue weighted by Gasteiger charge is -2.10. The standard InChI is InChI=1S/C13H9BrClN3/c14-9-1-3-13(11(15)6-9)18-12-4-2-10(17)5-8(12)7-16/h1-6,18H,17H2. The topological polar surface area (TPSA) is 61.8 Å². The van der Waals surface area contributed by atoms with Gasteiger partial charge in [0.2, 0.25) is 0 Å². The Balaban J connectivity index is 2.37. The zero-order valence-electron chi connectivity index (χ0n) is 9.24. The first-order valence-electron chi connectivity index (χ1n) is 5.12.